The third-order valence-corrected chi connectivity index (χ3v) is 4.35. The Bertz CT molecular complexity index is 870. The van der Waals surface area contributed by atoms with Gasteiger partial charge in [0.25, 0.3) is 5.91 Å². The number of aliphatic carboxylic acids is 1. The van der Waals surface area contributed by atoms with E-state index in [1.165, 1.54) is 6.08 Å². The Morgan fingerprint density at radius 3 is 2.88 bits per heavy atom. The largest absolute Gasteiger partial charge is 0.480 e. The van der Waals surface area contributed by atoms with Gasteiger partial charge >= 0.3 is 5.97 Å². The highest BCUT2D eigenvalue weighted by Crippen LogP contribution is 2.40. The van der Waals surface area contributed by atoms with Gasteiger partial charge in [0, 0.05) is 18.7 Å². The van der Waals surface area contributed by atoms with Crippen molar-refractivity contribution in [1.82, 2.24) is 20.1 Å². The standard InChI is InChI=1S/C18H22N4O4/c1-4-7-26-9-14(18(24)25)20-17(23)12-8-13(11-5-6-11)19-16-15(12)10(2)21-22(16)3/h4,8,11,14H,1,5-7,9H2,2-3H3,(H,20,23)(H,24,25). The second-order valence-electron chi connectivity index (χ2n) is 6.47. The van der Waals surface area contributed by atoms with E-state index in [2.05, 4.69) is 22.0 Å². The number of carboxylic acids is 1. The topological polar surface area (TPSA) is 106 Å². The molecule has 8 heteroatoms. The lowest BCUT2D eigenvalue weighted by molar-refractivity contribution is -0.140. The summed E-state index contributed by atoms with van der Waals surface area (Å²) in [5.74, 6) is -1.27. The number of hydrogen-bond donors (Lipinski definition) is 2. The van der Waals surface area contributed by atoms with Gasteiger partial charge in [-0.3, -0.25) is 9.48 Å². The predicted octanol–water partition coefficient (Wildman–Crippen LogP) is 1.54. The Kier molecular flexibility index (Phi) is 5.03. The van der Waals surface area contributed by atoms with Crippen LogP contribution in [0.2, 0.25) is 0 Å². The third kappa shape index (κ3) is 3.60. The van der Waals surface area contributed by atoms with E-state index in [0.29, 0.717) is 28.2 Å². The van der Waals surface area contributed by atoms with Crippen molar-refractivity contribution >= 4 is 22.9 Å². The van der Waals surface area contributed by atoms with Gasteiger partial charge in [0.15, 0.2) is 11.7 Å². The van der Waals surface area contributed by atoms with Crippen LogP contribution in [0.3, 0.4) is 0 Å². The van der Waals surface area contributed by atoms with Gasteiger partial charge in [0.2, 0.25) is 0 Å². The first-order valence-corrected chi connectivity index (χ1v) is 8.49. The highest BCUT2D eigenvalue weighted by molar-refractivity contribution is 6.07. The quantitative estimate of drug-likeness (QED) is 0.548. The molecule has 1 aliphatic rings. The molecule has 1 fully saturated rings. The maximum Gasteiger partial charge on any atom is 0.328 e. The Labute approximate surface area is 150 Å². The van der Waals surface area contributed by atoms with Crippen LogP contribution in [-0.2, 0) is 16.6 Å². The monoisotopic (exact) mass is 358 g/mol. The summed E-state index contributed by atoms with van der Waals surface area (Å²) < 4.78 is 6.84. The minimum atomic E-state index is -1.15. The Morgan fingerprint density at radius 1 is 1.54 bits per heavy atom. The molecule has 26 heavy (non-hydrogen) atoms. The Hall–Kier alpha value is -2.74. The molecule has 1 atom stereocenters. The van der Waals surface area contributed by atoms with E-state index in [1.54, 1.807) is 24.7 Å². The van der Waals surface area contributed by atoms with E-state index in [4.69, 9.17) is 4.74 Å². The van der Waals surface area contributed by atoms with E-state index < -0.39 is 17.9 Å². The number of hydrogen-bond acceptors (Lipinski definition) is 5. The lowest BCUT2D eigenvalue weighted by atomic mass is 10.1. The molecule has 2 heterocycles. The fourth-order valence-electron chi connectivity index (χ4n) is 2.91. The molecule has 2 N–H and O–H groups in total. The molecular formula is C18H22N4O4. The van der Waals surface area contributed by atoms with Crippen molar-refractivity contribution < 1.29 is 19.4 Å². The second-order valence-corrected chi connectivity index (χ2v) is 6.47. The van der Waals surface area contributed by atoms with Crippen LogP contribution in [-0.4, -0.2) is 51.0 Å². The zero-order valence-corrected chi connectivity index (χ0v) is 14.9. The van der Waals surface area contributed by atoms with Crippen molar-refractivity contribution in [1.29, 1.82) is 0 Å². The minimum absolute atomic E-state index is 0.136. The molecule has 3 rings (SSSR count). The SMILES string of the molecule is C=CCOCC(NC(=O)c1cc(C2CC2)nc2c1c(C)nn2C)C(=O)O. The summed E-state index contributed by atoms with van der Waals surface area (Å²) in [6, 6.07) is 0.611. The van der Waals surface area contributed by atoms with Crippen molar-refractivity contribution in [3.63, 3.8) is 0 Å². The van der Waals surface area contributed by atoms with Crippen molar-refractivity contribution in [2.75, 3.05) is 13.2 Å². The van der Waals surface area contributed by atoms with Crippen LogP contribution in [0.5, 0.6) is 0 Å². The molecule has 1 aliphatic carbocycles. The molecule has 138 valence electrons. The van der Waals surface area contributed by atoms with Crippen molar-refractivity contribution in [2.24, 2.45) is 7.05 Å². The van der Waals surface area contributed by atoms with E-state index in [0.717, 1.165) is 18.5 Å². The molecule has 1 unspecified atom stereocenters. The molecule has 0 spiro atoms. The number of amides is 1. The van der Waals surface area contributed by atoms with Crippen LogP contribution in [0.4, 0.5) is 0 Å². The summed E-state index contributed by atoms with van der Waals surface area (Å²) in [7, 11) is 1.78. The highest BCUT2D eigenvalue weighted by Gasteiger charge is 2.29. The Morgan fingerprint density at radius 2 is 2.27 bits per heavy atom. The fourth-order valence-corrected chi connectivity index (χ4v) is 2.91. The number of carbonyl (C=O) groups excluding carboxylic acids is 1. The molecule has 2 aromatic rings. The molecule has 8 nitrogen and oxygen atoms in total. The lowest BCUT2D eigenvalue weighted by Crippen LogP contribution is -2.44. The van der Waals surface area contributed by atoms with E-state index in [-0.39, 0.29) is 13.2 Å². The molecule has 1 saturated carbocycles. The van der Waals surface area contributed by atoms with Gasteiger partial charge in [0.05, 0.1) is 29.9 Å². The number of rotatable bonds is 8. The van der Waals surface area contributed by atoms with Crippen LogP contribution >= 0.6 is 0 Å². The Balaban J connectivity index is 1.93. The first-order valence-electron chi connectivity index (χ1n) is 8.49. The van der Waals surface area contributed by atoms with Crippen LogP contribution < -0.4 is 5.32 Å². The van der Waals surface area contributed by atoms with E-state index >= 15 is 0 Å². The van der Waals surface area contributed by atoms with Crippen LogP contribution in [0.1, 0.15) is 40.5 Å². The minimum Gasteiger partial charge on any atom is -0.480 e. The van der Waals surface area contributed by atoms with Gasteiger partial charge in [-0.1, -0.05) is 6.08 Å². The number of nitrogens with one attached hydrogen (secondary N) is 1. The highest BCUT2D eigenvalue weighted by atomic mass is 16.5. The predicted molar refractivity (Wildman–Crippen MR) is 95.1 cm³/mol. The van der Waals surface area contributed by atoms with Crippen LogP contribution in [0, 0.1) is 6.92 Å². The zero-order valence-electron chi connectivity index (χ0n) is 14.9. The van der Waals surface area contributed by atoms with Gasteiger partial charge < -0.3 is 15.2 Å². The van der Waals surface area contributed by atoms with E-state index in [9.17, 15) is 14.7 Å². The van der Waals surface area contributed by atoms with E-state index in [1.807, 2.05) is 0 Å². The molecule has 0 radical (unpaired) electrons. The fraction of sp³-hybridized carbons (Fsp3) is 0.444. The molecule has 0 saturated heterocycles. The number of carboxylic acid groups (broad SMARTS) is 1. The van der Waals surface area contributed by atoms with Gasteiger partial charge in [0.1, 0.15) is 0 Å². The number of aryl methyl sites for hydroxylation is 2. The first-order chi connectivity index (χ1) is 12.4. The number of aromatic nitrogens is 3. The summed E-state index contributed by atoms with van der Waals surface area (Å²) in [4.78, 5) is 28.9. The van der Waals surface area contributed by atoms with Gasteiger partial charge in [-0.05, 0) is 25.8 Å². The second kappa shape index (κ2) is 7.25. The van der Waals surface area contributed by atoms with Crippen LogP contribution in [0.15, 0.2) is 18.7 Å². The number of ether oxygens (including phenoxy) is 1. The van der Waals surface area contributed by atoms with Crippen LogP contribution in [0.25, 0.3) is 11.0 Å². The molecule has 1 amide bonds. The molecular weight excluding hydrogens is 336 g/mol. The summed E-state index contributed by atoms with van der Waals surface area (Å²) in [6.07, 6.45) is 3.61. The maximum absolute atomic E-state index is 12.8. The third-order valence-electron chi connectivity index (χ3n) is 4.35. The molecule has 0 aliphatic heterocycles. The molecule has 2 aromatic heterocycles. The zero-order chi connectivity index (χ0) is 18.8. The molecule has 0 bridgehead atoms. The van der Waals surface area contributed by atoms with Crippen molar-refractivity contribution in [2.45, 2.75) is 31.7 Å². The van der Waals surface area contributed by atoms with Crippen molar-refractivity contribution in [3.05, 3.63) is 35.7 Å². The van der Waals surface area contributed by atoms with Gasteiger partial charge in [-0.2, -0.15) is 5.10 Å². The average Bonchev–Trinajstić information content (AvgIpc) is 3.40. The van der Waals surface area contributed by atoms with Gasteiger partial charge in [-0.25, -0.2) is 9.78 Å². The maximum atomic E-state index is 12.8. The number of pyridine rings is 1. The summed E-state index contributed by atoms with van der Waals surface area (Å²) >= 11 is 0. The first kappa shape index (κ1) is 18.1. The average molecular weight is 358 g/mol. The number of nitrogens with zero attached hydrogens (tertiary/aromatic N) is 3. The lowest BCUT2D eigenvalue weighted by Gasteiger charge is -2.15. The summed E-state index contributed by atoms with van der Waals surface area (Å²) in [6.45, 7) is 5.40. The van der Waals surface area contributed by atoms with Gasteiger partial charge in [-0.15, -0.1) is 6.58 Å². The molecule has 0 aromatic carbocycles. The van der Waals surface area contributed by atoms with Crippen molar-refractivity contribution in [3.8, 4) is 0 Å². The normalized spacial score (nSPS) is 15.0. The smallest absolute Gasteiger partial charge is 0.328 e. The number of carbonyl (C=O) groups is 2. The summed E-state index contributed by atoms with van der Waals surface area (Å²) in [5, 5.41) is 16.9. The summed E-state index contributed by atoms with van der Waals surface area (Å²) in [5.41, 5.74) is 2.56. The number of fused-ring (bicyclic) bond motifs is 1.